The number of rotatable bonds is 1. The van der Waals surface area contributed by atoms with Crippen LogP contribution in [0.5, 0.6) is 0 Å². The van der Waals surface area contributed by atoms with Gasteiger partial charge in [0.25, 0.3) is 5.56 Å². The van der Waals surface area contributed by atoms with E-state index in [0.717, 1.165) is 0 Å². The van der Waals surface area contributed by atoms with E-state index in [4.69, 9.17) is 4.74 Å². The second kappa shape index (κ2) is 3.93. The molecule has 86 valence electrons. The number of fused-ring (bicyclic) bond motifs is 1. The Morgan fingerprint density at radius 1 is 1.50 bits per heavy atom. The Morgan fingerprint density at radius 2 is 2.25 bits per heavy atom. The van der Waals surface area contributed by atoms with E-state index in [1.807, 2.05) is 0 Å². The summed E-state index contributed by atoms with van der Waals surface area (Å²) < 4.78 is 10.9. The molecule has 0 aliphatic carbocycles. The number of aromatic nitrogens is 2. The fraction of sp³-hybridized carbons (Fsp3) is 0.444. The zero-order valence-corrected chi connectivity index (χ0v) is 8.61. The van der Waals surface area contributed by atoms with E-state index in [0.29, 0.717) is 13.2 Å². The summed E-state index contributed by atoms with van der Waals surface area (Å²) in [6, 6.07) is 0. The van der Waals surface area contributed by atoms with Crippen molar-refractivity contribution in [2.75, 3.05) is 13.7 Å². The molecule has 16 heavy (non-hydrogen) atoms. The van der Waals surface area contributed by atoms with Gasteiger partial charge in [0.2, 0.25) is 0 Å². The van der Waals surface area contributed by atoms with Gasteiger partial charge in [0, 0.05) is 0 Å². The van der Waals surface area contributed by atoms with Crippen LogP contribution in [0.4, 0.5) is 0 Å². The van der Waals surface area contributed by atoms with Gasteiger partial charge in [-0.25, -0.2) is 9.59 Å². The number of hydrogen-bond donors (Lipinski definition) is 1. The zero-order chi connectivity index (χ0) is 11.7. The van der Waals surface area contributed by atoms with Crippen LogP contribution in [0.3, 0.4) is 0 Å². The predicted octanol–water partition coefficient (Wildman–Crippen LogP) is -1.15. The van der Waals surface area contributed by atoms with Crippen LogP contribution in [0, 0.1) is 0 Å². The Balaban J connectivity index is 2.73. The highest BCUT2D eigenvalue weighted by Crippen LogP contribution is 2.09. The van der Waals surface area contributed by atoms with Crippen molar-refractivity contribution < 1.29 is 14.3 Å². The summed E-state index contributed by atoms with van der Waals surface area (Å²) in [5.74, 6) is -0.768. The van der Waals surface area contributed by atoms with E-state index in [2.05, 4.69) is 9.72 Å². The van der Waals surface area contributed by atoms with Crippen LogP contribution < -0.4 is 11.2 Å². The maximum absolute atomic E-state index is 11.5. The molecule has 7 heteroatoms. The van der Waals surface area contributed by atoms with Gasteiger partial charge in [-0.05, 0) is 0 Å². The normalized spacial score (nSPS) is 14.3. The first-order chi connectivity index (χ1) is 7.65. The Morgan fingerprint density at radius 3 is 2.94 bits per heavy atom. The van der Waals surface area contributed by atoms with Crippen LogP contribution >= 0.6 is 0 Å². The smallest absolute Gasteiger partial charge is 0.345 e. The average Bonchev–Trinajstić information content (AvgIpc) is 2.28. The van der Waals surface area contributed by atoms with Gasteiger partial charge in [-0.15, -0.1) is 0 Å². The van der Waals surface area contributed by atoms with Crippen LogP contribution in [0.15, 0.2) is 9.59 Å². The second-order valence-electron chi connectivity index (χ2n) is 3.28. The minimum atomic E-state index is -0.768. The summed E-state index contributed by atoms with van der Waals surface area (Å²) in [6.07, 6.45) is 0. The van der Waals surface area contributed by atoms with Gasteiger partial charge in [0.1, 0.15) is 5.56 Å². The number of carbonyl (C=O) groups excluding carboxylic acids is 1. The number of H-pyrrole nitrogens is 1. The topological polar surface area (TPSA) is 90.4 Å². The predicted molar refractivity (Wildman–Crippen MR) is 52.3 cm³/mol. The maximum Gasteiger partial charge on any atom is 0.345 e. The molecule has 0 unspecified atom stereocenters. The van der Waals surface area contributed by atoms with Crippen molar-refractivity contribution in [3.8, 4) is 0 Å². The van der Waals surface area contributed by atoms with Crippen molar-refractivity contribution in [3.05, 3.63) is 32.1 Å². The van der Waals surface area contributed by atoms with Crippen LogP contribution in [-0.4, -0.2) is 29.2 Å². The van der Waals surface area contributed by atoms with Crippen LogP contribution in [0.2, 0.25) is 0 Å². The molecule has 1 aliphatic heterocycles. The highest BCUT2D eigenvalue weighted by Gasteiger charge is 2.23. The van der Waals surface area contributed by atoms with Crippen LogP contribution in [0.1, 0.15) is 16.1 Å². The molecule has 0 amide bonds. The monoisotopic (exact) mass is 226 g/mol. The molecule has 0 spiro atoms. The Kier molecular flexibility index (Phi) is 2.61. The number of ether oxygens (including phenoxy) is 2. The highest BCUT2D eigenvalue weighted by molar-refractivity contribution is 5.90. The average molecular weight is 226 g/mol. The number of esters is 1. The molecule has 0 fully saturated rings. The van der Waals surface area contributed by atoms with Crippen molar-refractivity contribution in [1.82, 2.24) is 9.55 Å². The van der Waals surface area contributed by atoms with E-state index in [-0.39, 0.29) is 17.9 Å². The van der Waals surface area contributed by atoms with Crippen molar-refractivity contribution in [2.45, 2.75) is 13.2 Å². The molecule has 0 aromatic carbocycles. The SMILES string of the molecule is COC(=O)c1c2n(c(=O)[nH]c1=O)CCOC2. The van der Waals surface area contributed by atoms with Gasteiger partial charge in [0.05, 0.1) is 32.6 Å². The number of nitrogens with one attached hydrogen (secondary N) is 1. The molecule has 1 N–H and O–H groups in total. The molecule has 0 saturated heterocycles. The van der Waals surface area contributed by atoms with Gasteiger partial charge in [-0.1, -0.05) is 0 Å². The first-order valence-corrected chi connectivity index (χ1v) is 4.67. The standard InChI is InChI=1S/C9H10N2O5/c1-15-8(13)6-5-4-16-3-2-11(5)9(14)10-7(6)12/h2-4H2,1H3,(H,10,12,14). The minimum Gasteiger partial charge on any atom is -0.465 e. The zero-order valence-electron chi connectivity index (χ0n) is 8.61. The largest absolute Gasteiger partial charge is 0.465 e. The van der Waals surface area contributed by atoms with Gasteiger partial charge in [-0.2, -0.15) is 0 Å². The molecule has 1 aromatic heterocycles. The van der Waals surface area contributed by atoms with E-state index in [9.17, 15) is 14.4 Å². The molecule has 0 atom stereocenters. The quantitative estimate of drug-likeness (QED) is 0.611. The van der Waals surface area contributed by atoms with E-state index < -0.39 is 17.2 Å². The molecule has 7 nitrogen and oxygen atoms in total. The third kappa shape index (κ3) is 1.54. The van der Waals surface area contributed by atoms with Gasteiger partial charge >= 0.3 is 11.7 Å². The van der Waals surface area contributed by atoms with Crippen molar-refractivity contribution in [2.24, 2.45) is 0 Å². The Labute approximate surface area is 89.6 Å². The molecule has 1 aliphatic rings. The number of methoxy groups -OCH3 is 1. The lowest BCUT2D eigenvalue weighted by Gasteiger charge is -2.19. The van der Waals surface area contributed by atoms with Crippen molar-refractivity contribution >= 4 is 5.97 Å². The summed E-state index contributed by atoms with van der Waals surface area (Å²) in [6.45, 7) is 0.748. The van der Waals surface area contributed by atoms with E-state index in [1.54, 1.807) is 0 Å². The third-order valence-corrected chi connectivity index (χ3v) is 2.39. The molecule has 2 heterocycles. The Hall–Kier alpha value is -1.89. The summed E-state index contributed by atoms with van der Waals surface area (Å²) >= 11 is 0. The number of hydrogen-bond acceptors (Lipinski definition) is 5. The Bertz CT molecular complexity index is 542. The van der Waals surface area contributed by atoms with Gasteiger partial charge in [-0.3, -0.25) is 14.3 Å². The molecule has 0 saturated carbocycles. The third-order valence-electron chi connectivity index (χ3n) is 2.39. The maximum atomic E-state index is 11.5. The summed E-state index contributed by atoms with van der Waals surface area (Å²) in [4.78, 5) is 36.4. The highest BCUT2D eigenvalue weighted by atomic mass is 16.5. The molecule has 0 radical (unpaired) electrons. The van der Waals surface area contributed by atoms with Crippen LogP contribution in [0.25, 0.3) is 0 Å². The lowest BCUT2D eigenvalue weighted by Crippen LogP contribution is -2.40. The first kappa shape index (κ1) is 10.6. The minimum absolute atomic E-state index is 0.0591. The summed E-state index contributed by atoms with van der Waals surface area (Å²) in [7, 11) is 1.17. The van der Waals surface area contributed by atoms with Crippen molar-refractivity contribution in [1.29, 1.82) is 0 Å². The van der Waals surface area contributed by atoms with Gasteiger partial charge in [0.15, 0.2) is 0 Å². The van der Waals surface area contributed by atoms with Crippen LogP contribution in [-0.2, 0) is 22.6 Å². The summed E-state index contributed by atoms with van der Waals surface area (Å²) in [5, 5.41) is 0. The molecule has 2 rings (SSSR count). The lowest BCUT2D eigenvalue weighted by atomic mass is 10.2. The molecule has 1 aromatic rings. The van der Waals surface area contributed by atoms with E-state index >= 15 is 0 Å². The van der Waals surface area contributed by atoms with Gasteiger partial charge < -0.3 is 9.47 Å². The van der Waals surface area contributed by atoms with E-state index in [1.165, 1.54) is 11.7 Å². The lowest BCUT2D eigenvalue weighted by molar-refractivity contribution is 0.0560. The first-order valence-electron chi connectivity index (χ1n) is 4.67. The fourth-order valence-electron chi connectivity index (χ4n) is 1.64. The number of nitrogens with zero attached hydrogens (tertiary/aromatic N) is 1. The van der Waals surface area contributed by atoms with Crippen molar-refractivity contribution in [3.63, 3.8) is 0 Å². The molecule has 0 bridgehead atoms. The number of carbonyl (C=O) groups is 1. The fourth-order valence-corrected chi connectivity index (χ4v) is 1.64. The second-order valence-corrected chi connectivity index (χ2v) is 3.28. The molecular weight excluding hydrogens is 216 g/mol. The molecular formula is C9H10N2O5. The number of aromatic amines is 1. The summed E-state index contributed by atoms with van der Waals surface area (Å²) in [5.41, 5.74) is -1.17.